The highest BCUT2D eigenvalue weighted by Crippen LogP contribution is 2.47. The highest BCUT2D eigenvalue weighted by Gasteiger charge is 2.27. The van der Waals surface area contributed by atoms with Gasteiger partial charge in [0, 0.05) is 22.2 Å². The van der Waals surface area contributed by atoms with Crippen LogP contribution in [0.15, 0.2) is 24.5 Å². The molecule has 0 unspecified atom stereocenters. The molecule has 0 bridgehead atoms. The van der Waals surface area contributed by atoms with Crippen LogP contribution in [-0.2, 0) is 4.74 Å². The predicted molar refractivity (Wildman–Crippen MR) is 107 cm³/mol. The van der Waals surface area contributed by atoms with Gasteiger partial charge in [0.1, 0.15) is 23.1 Å². The van der Waals surface area contributed by atoms with Gasteiger partial charge in [0.25, 0.3) is 0 Å². The van der Waals surface area contributed by atoms with Crippen molar-refractivity contribution in [3.63, 3.8) is 0 Å². The van der Waals surface area contributed by atoms with E-state index < -0.39 is 0 Å². The third kappa shape index (κ3) is 3.04. The Hall–Kier alpha value is -2.16. The average molecular weight is 479 g/mol. The first-order chi connectivity index (χ1) is 12.7. The number of rotatable bonds is 3. The maximum Gasteiger partial charge on any atom is 0.166 e. The van der Waals surface area contributed by atoms with E-state index in [9.17, 15) is 10.4 Å². The third-order valence-corrected chi connectivity index (χ3v) is 6.30. The topological polar surface area (TPSA) is 98.1 Å². The lowest BCUT2D eigenvalue weighted by Crippen LogP contribution is -2.36. The van der Waals surface area contributed by atoms with Crippen LogP contribution in [-0.4, -0.2) is 46.6 Å². The minimum Gasteiger partial charge on any atom is -0.508 e. The largest absolute Gasteiger partial charge is 0.508 e. The first kappa shape index (κ1) is 17.3. The van der Waals surface area contributed by atoms with E-state index in [4.69, 9.17) is 4.74 Å². The second-order valence-electron chi connectivity index (χ2n) is 5.70. The number of hydrogen-bond acceptors (Lipinski definition) is 7. The number of nitriles is 1. The van der Waals surface area contributed by atoms with Crippen LogP contribution in [0.4, 0.5) is 5.00 Å². The molecule has 1 aliphatic heterocycles. The van der Waals surface area contributed by atoms with E-state index in [1.165, 1.54) is 17.7 Å². The Morgan fingerprint density at radius 1 is 1.35 bits per heavy atom. The molecule has 1 aromatic carbocycles. The molecule has 2 N–H and O–H groups in total. The maximum absolute atomic E-state index is 9.95. The van der Waals surface area contributed by atoms with E-state index in [2.05, 4.69) is 48.7 Å². The monoisotopic (exact) mass is 479 g/mol. The van der Waals surface area contributed by atoms with Crippen molar-refractivity contribution >= 4 is 38.9 Å². The number of nitrogens with one attached hydrogen (secondary N) is 1. The molecule has 0 radical (unpaired) electrons. The maximum atomic E-state index is 9.95. The molecule has 1 fully saturated rings. The number of halogens is 1. The summed E-state index contributed by atoms with van der Waals surface area (Å²) in [6, 6.07) is 7.54. The molecular weight excluding hydrogens is 465 g/mol. The fourth-order valence-corrected chi connectivity index (χ4v) is 4.99. The number of benzene rings is 1. The summed E-state index contributed by atoms with van der Waals surface area (Å²) < 4.78 is 6.31. The summed E-state index contributed by atoms with van der Waals surface area (Å²) in [6.07, 6.45) is 1.46. The number of phenolic OH excluding ortho intramolecular Hbond substituents is 1. The summed E-state index contributed by atoms with van der Waals surface area (Å²) in [7, 11) is 0. The van der Waals surface area contributed by atoms with Gasteiger partial charge in [0.05, 0.1) is 23.7 Å². The number of anilines is 1. The number of morpholine rings is 1. The van der Waals surface area contributed by atoms with Gasteiger partial charge in [-0.05, 0) is 46.4 Å². The van der Waals surface area contributed by atoms with Crippen LogP contribution >= 0.6 is 33.9 Å². The molecular formula is C17H14IN5O2S. The summed E-state index contributed by atoms with van der Waals surface area (Å²) in [6.45, 7) is 2.78. The zero-order valence-electron chi connectivity index (χ0n) is 13.6. The molecule has 0 atom stereocenters. The number of aromatic hydroxyl groups is 1. The molecule has 0 aliphatic carbocycles. The highest BCUT2D eigenvalue weighted by molar-refractivity contribution is 14.1. The van der Waals surface area contributed by atoms with Gasteiger partial charge in [-0.15, -0.1) is 11.3 Å². The molecule has 0 amide bonds. The first-order valence-corrected chi connectivity index (χ1v) is 9.82. The summed E-state index contributed by atoms with van der Waals surface area (Å²) in [4.78, 5) is 7.34. The van der Waals surface area contributed by atoms with Crippen molar-refractivity contribution in [1.82, 2.24) is 15.2 Å². The van der Waals surface area contributed by atoms with Crippen molar-refractivity contribution in [2.45, 2.75) is 0 Å². The number of hydrogen-bond donors (Lipinski definition) is 2. The van der Waals surface area contributed by atoms with E-state index in [1.54, 1.807) is 12.1 Å². The van der Waals surface area contributed by atoms with Gasteiger partial charge in [-0.2, -0.15) is 10.4 Å². The number of aromatic nitrogens is 3. The predicted octanol–water partition coefficient (Wildman–Crippen LogP) is 3.22. The van der Waals surface area contributed by atoms with Crippen molar-refractivity contribution in [3.8, 4) is 33.6 Å². The van der Waals surface area contributed by atoms with Crippen LogP contribution in [0.25, 0.3) is 21.8 Å². The fraction of sp³-hybridized carbons (Fsp3) is 0.235. The van der Waals surface area contributed by atoms with E-state index in [0.29, 0.717) is 24.6 Å². The molecule has 3 aromatic rings. The Bertz CT molecular complexity index is 974. The van der Waals surface area contributed by atoms with E-state index in [1.807, 2.05) is 6.07 Å². The molecule has 0 saturated carbocycles. The van der Waals surface area contributed by atoms with Crippen molar-refractivity contribution in [3.05, 3.63) is 33.7 Å². The third-order valence-electron chi connectivity index (χ3n) is 4.15. The average Bonchev–Trinajstić information content (AvgIpc) is 3.30. The van der Waals surface area contributed by atoms with E-state index in [0.717, 1.165) is 37.7 Å². The Kier molecular flexibility index (Phi) is 4.80. The number of phenols is 1. The molecule has 132 valence electrons. The quantitative estimate of drug-likeness (QED) is 0.560. The Labute approximate surface area is 167 Å². The van der Waals surface area contributed by atoms with Crippen molar-refractivity contribution in [2.24, 2.45) is 0 Å². The van der Waals surface area contributed by atoms with Crippen LogP contribution < -0.4 is 4.90 Å². The summed E-state index contributed by atoms with van der Waals surface area (Å²) in [5.41, 5.74) is 2.33. The van der Waals surface area contributed by atoms with E-state index >= 15 is 0 Å². The Morgan fingerprint density at radius 3 is 2.81 bits per heavy atom. The second-order valence-corrected chi connectivity index (χ2v) is 7.86. The van der Waals surface area contributed by atoms with Crippen LogP contribution in [0, 0.1) is 14.9 Å². The molecule has 0 spiro atoms. The van der Waals surface area contributed by atoms with Gasteiger partial charge in [0.15, 0.2) is 5.82 Å². The van der Waals surface area contributed by atoms with Gasteiger partial charge in [-0.3, -0.25) is 5.10 Å². The second kappa shape index (κ2) is 7.22. The fourth-order valence-electron chi connectivity index (χ4n) is 2.96. The SMILES string of the molecule is N#Cc1c(N2CCOCC2)sc(-c2ncn[nH]2)c1-c1ccc(O)cc1I. The lowest BCUT2D eigenvalue weighted by atomic mass is 10.0. The van der Waals surface area contributed by atoms with Gasteiger partial charge in [0.2, 0.25) is 0 Å². The molecule has 7 nitrogen and oxygen atoms in total. The number of aromatic amines is 1. The number of nitrogens with zero attached hydrogens (tertiary/aromatic N) is 4. The lowest BCUT2D eigenvalue weighted by molar-refractivity contribution is 0.123. The molecule has 2 aromatic heterocycles. The number of ether oxygens (including phenoxy) is 1. The van der Waals surface area contributed by atoms with Crippen LogP contribution in [0.5, 0.6) is 5.75 Å². The van der Waals surface area contributed by atoms with Gasteiger partial charge in [-0.1, -0.05) is 0 Å². The van der Waals surface area contributed by atoms with Crippen LogP contribution in [0.3, 0.4) is 0 Å². The molecule has 1 aliphatic rings. The number of H-pyrrole nitrogens is 1. The Morgan fingerprint density at radius 2 is 2.15 bits per heavy atom. The molecule has 3 heterocycles. The summed E-state index contributed by atoms with van der Waals surface area (Å²) in [5.74, 6) is 0.825. The lowest BCUT2D eigenvalue weighted by Gasteiger charge is -2.27. The molecule has 4 rings (SSSR count). The standard InChI is InChI=1S/C17H14IN5O2S/c18-13-7-10(24)1-2-11(13)14-12(8-19)17(23-3-5-25-6-4-23)26-15(14)16-20-9-21-22-16/h1-2,7,9,24H,3-6H2,(H,20,21,22). The normalized spacial score (nSPS) is 14.4. The van der Waals surface area contributed by atoms with Crippen molar-refractivity contribution in [2.75, 3.05) is 31.2 Å². The highest BCUT2D eigenvalue weighted by atomic mass is 127. The minimum absolute atomic E-state index is 0.196. The van der Waals surface area contributed by atoms with E-state index in [-0.39, 0.29) is 5.75 Å². The van der Waals surface area contributed by atoms with Crippen molar-refractivity contribution < 1.29 is 9.84 Å². The molecule has 9 heteroatoms. The smallest absolute Gasteiger partial charge is 0.166 e. The van der Waals surface area contributed by atoms with Crippen LogP contribution in [0.2, 0.25) is 0 Å². The first-order valence-electron chi connectivity index (χ1n) is 7.93. The zero-order chi connectivity index (χ0) is 18.1. The number of thiophene rings is 1. The van der Waals surface area contributed by atoms with Gasteiger partial charge >= 0.3 is 0 Å². The molecule has 26 heavy (non-hydrogen) atoms. The summed E-state index contributed by atoms with van der Waals surface area (Å²) >= 11 is 3.71. The van der Waals surface area contributed by atoms with Crippen LogP contribution in [0.1, 0.15) is 5.56 Å². The Balaban J connectivity index is 1.95. The zero-order valence-corrected chi connectivity index (χ0v) is 16.5. The molecule has 1 saturated heterocycles. The van der Waals surface area contributed by atoms with Gasteiger partial charge in [-0.25, -0.2) is 4.98 Å². The summed E-state index contributed by atoms with van der Waals surface area (Å²) in [5, 5.41) is 27.5. The van der Waals surface area contributed by atoms with Gasteiger partial charge < -0.3 is 14.7 Å². The van der Waals surface area contributed by atoms with Crippen molar-refractivity contribution in [1.29, 1.82) is 5.26 Å². The minimum atomic E-state index is 0.196.